The van der Waals surface area contributed by atoms with E-state index < -0.39 is 0 Å². The predicted octanol–water partition coefficient (Wildman–Crippen LogP) is 0.563. The highest BCUT2D eigenvalue weighted by Crippen LogP contribution is 2.08. The molecule has 1 saturated heterocycles. The molecule has 1 aliphatic heterocycles. The van der Waals surface area contributed by atoms with E-state index in [1.54, 1.807) is 0 Å². The van der Waals surface area contributed by atoms with Gasteiger partial charge in [-0.05, 0) is 12.8 Å². The first-order valence-electron chi connectivity index (χ1n) is 4.20. The Hall–Kier alpha value is -0.120. The Morgan fingerprint density at radius 3 is 3.09 bits per heavy atom. The highest BCUT2D eigenvalue weighted by molar-refractivity contribution is 4.63. The molecule has 0 bridgehead atoms. The summed E-state index contributed by atoms with van der Waals surface area (Å²) in [6.45, 7) is 3.88. The predicted molar refractivity (Wildman–Crippen MR) is 41.5 cm³/mol. The summed E-state index contributed by atoms with van der Waals surface area (Å²) in [4.78, 5) is 0. The molecule has 0 saturated carbocycles. The van der Waals surface area contributed by atoms with Crippen molar-refractivity contribution >= 4 is 0 Å². The first-order chi connectivity index (χ1) is 5.33. The number of hydrogen-bond donors (Lipinski definition) is 1. The van der Waals surface area contributed by atoms with Crippen LogP contribution in [0.4, 0.5) is 0 Å². The molecule has 1 N–H and O–H groups in total. The molecule has 0 aromatic heterocycles. The third kappa shape index (κ3) is 3.18. The Kier molecular flexibility index (Phi) is 3.83. The second kappa shape index (κ2) is 4.70. The average molecular weight is 160 g/mol. The fourth-order valence-electron chi connectivity index (χ4n) is 1.01. The van der Waals surface area contributed by atoms with Gasteiger partial charge in [-0.15, -0.1) is 0 Å². The van der Waals surface area contributed by atoms with Gasteiger partial charge in [0.25, 0.3) is 0 Å². The lowest BCUT2D eigenvalue weighted by Gasteiger charge is -2.12. The topological polar surface area (TPSA) is 38.7 Å². The van der Waals surface area contributed by atoms with Crippen molar-refractivity contribution in [2.75, 3.05) is 19.8 Å². The van der Waals surface area contributed by atoms with Crippen LogP contribution in [0, 0.1) is 0 Å². The lowest BCUT2D eigenvalue weighted by Crippen LogP contribution is -2.21. The lowest BCUT2D eigenvalue weighted by molar-refractivity contribution is -0.0131. The van der Waals surface area contributed by atoms with Gasteiger partial charge in [0.2, 0.25) is 0 Å². The van der Waals surface area contributed by atoms with Crippen molar-refractivity contribution < 1.29 is 14.6 Å². The summed E-state index contributed by atoms with van der Waals surface area (Å²) in [6, 6.07) is 0. The molecule has 0 aliphatic carbocycles. The molecule has 11 heavy (non-hydrogen) atoms. The minimum absolute atomic E-state index is 0.219. The zero-order valence-electron chi connectivity index (χ0n) is 6.95. The molecule has 0 radical (unpaired) electrons. The van der Waals surface area contributed by atoms with E-state index in [9.17, 15) is 0 Å². The van der Waals surface area contributed by atoms with E-state index in [0.29, 0.717) is 13.2 Å². The standard InChI is InChI=1S/C8H16O3/c1-2-7(9)5-11-8-3-4-10-6-8/h7-9H,2-6H2,1H3. The zero-order valence-corrected chi connectivity index (χ0v) is 6.95. The van der Waals surface area contributed by atoms with Crippen LogP contribution < -0.4 is 0 Å². The molecule has 3 nitrogen and oxygen atoms in total. The van der Waals surface area contributed by atoms with E-state index >= 15 is 0 Å². The van der Waals surface area contributed by atoms with Crippen LogP contribution in [-0.4, -0.2) is 37.1 Å². The molecular formula is C8H16O3. The lowest BCUT2D eigenvalue weighted by atomic mass is 10.3. The third-order valence-electron chi connectivity index (χ3n) is 1.88. The number of ether oxygens (including phenoxy) is 2. The Morgan fingerprint density at radius 1 is 1.73 bits per heavy atom. The smallest absolute Gasteiger partial charge is 0.0831 e. The minimum atomic E-state index is -0.310. The number of aliphatic hydroxyl groups is 1. The molecule has 1 heterocycles. The normalized spacial score (nSPS) is 27.3. The van der Waals surface area contributed by atoms with Crippen molar-refractivity contribution in [1.82, 2.24) is 0 Å². The van der Waals surface area contributed by atoms with E-state index in [1.807, 2.05) is 6.92 Å². The molecule has 0 spiro atoms. The molecule has 0 aromatic carbocycles. The summed E-state index contributed by atoms with van der Waals surface area (Å²) in [5, 5.41) is 9.15. The summed E-state index contributed by atoms with van der Waals surface area (Å²) in [5.41, 5.74) is 0. The molecule has 0 aromatic rings. The van der Waals surface area contributed by atoms with Crippen LogP contribution in [-0.2, 0) is 9.47 Å². The summed E-state index contributed by atoms with van der Waals surface area (Å²) in [7, 11) is 0. The SMILES string of the molecule is CCC(O)COC1CCOC1. The van der Waals surface area contributed by atoms with Gasteiger partial charge in [-0.2, -0.15) is 0 Å². The van der Waals surface area contributed by atoms with E-state index in [-0.39, 0.29) is 12.2 Å². The summed E-state index contributed by atoms with van der Waals surface area (Å²) in [6.07, 6.45) is 1.64. The van der Waals surface area contributed by atoms with Gasteiger partial charge in [0.1, 0.15) is 0 Å². The van der Waals surface area contributed by atoms with Gasteiger partial charge < -0.3 is 14.6 Å². The van der Waals surface area contributed by atoms with E-state index in [0.717, 1.165) is 19.4 Å². The van der Waals surface area contributed by atoms with Crippen LogP contribution in [0.25, 0.3) is 0 Å². The van der Waals surface area contributed by atoms with Crippen molar-refractivity contribution in [3.05, 3.63) is 0 Å². The van der Waals surface area contributed by atoms with E-state index in [2.05, 4.69) is 0 Å². The van der Waals surface area contributed by atoms with Gasteiger partial charge >= 0.3 is 0 Å². The maximum Gasteiger partial charge on any atom is 0.0831 e. The summed E-state index contributed by atoms with van der Waals surface area (Å²) < 4.78 is 10.5. The maximum atomic E-state index is 9.15. The Bertz CT molecular complexity index is 99.5. The van der Waals surface area contributed by atoms with Crippen LogP contribution in [0.2, 0.25) is 0 Å². The Morgan fingerprint density at radius 2 is 2.55 bits per heavy atom. The Labute approximate surface area is 67.3 Å². The molecule has 1 fully saturated rings. The highest BCUT2D eigenvalue weighted by atomic mass is 16.5. The minimum Gasteiger partial charge on any atom is -0.391 e. The second-order valence-corrected chi connectivity index (χ2v) is 2.88. The Balaban J connectivity index is 2.01. The van der Waals surface area contributed by atoms with Crippen LogP contribution >= 0.6 is 0 Å². The molecule has 2 unspecified atom stereocenters. The first-order valence-corrected chi connectivity index (χ1v) is 4.20. The van der Waals surface area contributed by atoms with Crippen LogP contribution in [0.1, 0.15) is 19.8 Å². The van der Waals surface area contributed by atoms with E-state index in [4.69, 9.17) is 14.6 Å². The van der Waals surface area contributed by atoms with Crippen LogP contribution in [0.15, 0.2) is 0 Å². The fourth-order valence-corrected chi connectivity index (χ4v) is 1.01. The van der Waals surface area contributed by atoms with Crippen molar-refractivity contribution in [3.63, 3.8) is 0 Å². The number of rotatable bonds is 4. The van der Waals surface area contributed by atoms with Gasteiger partial charge in [0, 0.05) is 6.61 Å². The first kappa shape index (κ1) is 8.97. The summed E-state index contributed by atoms with van der Waals surface area (Å²) >= 11 is 0. The van der Waals surface area contributed by atoms with Gasteiger partial charge in [-0.1, -0.05) is 6.92 Å². The third-order valence-corrected chi connectivity index (χ3v) is 1.88. The fraction of sp³-hybridized carbons (Fsp3) is 1.00. The monoisotopic (exact) mass is 160 g/mol. The van der Waals surface area contributed by atoms with Gasteiger partial charge in [0.15, 0.2) is 0 Å². The average Bonchev–Trinajstić information content (AvgIpc) is 2.52. The van der Waals surface area contributed by atoms with Crippen molar-refractivity contribution in [1.29, 1.82) is 0 Å². The molecule has 2 atom stereocenters. The van der Waals surface area contributed by atoms with Gasteiger partial charge in [0.05, 0.1) is 25.4 Å². The number of hydrogen-bond acceptors (Lipinski definition) is 3. The van der Waals surface area contributed by atoms with Crippen molar-refractivity contribution in [3.8, 4) is 0 Å². The summed E-state index contributed by atoms with van der Waals surface area (Å²) in [5.74, 6) is 0. The zero-order chi connectivity index (χ0) is 8.10. The molecule has 3 heteroatoms. The molecular weight excluding hydrogens is 144 g/mol. The maximum absolute atomic E-state index is 9.15. The molecule has 66 valence electrons. The van der Waals surface area contributed by atoms with Crippen molar-refractivity contribution in [2.45, 2.75) is 32.0 Å². The number of aliphatic hydroxyl groups excluding tert-OH is 1. The van der Waals surface area contributed by atoms with Gasteiger partial charge in [-0.25, -0.2) is 0 Å². The van der Waals surface area contributed by atoms with Crippen molar-refractivity contribution in [2.24, 2.45) is 0 Å². The largest absolute Gasteiger partial charge is 0.391 e. The molecule has 1 rings (SSSR count). The highest BCUT2D eigenvalue weighted by Gasteiger charge is 2.16. The van der Waals surface area contributed by atoms with Gasteiger partial charge in [-0.3, -0.25) is 0 Å². The molecule has 1 aliphatic rings. The molecule has 0 amide bonds. The van der Waals surface area contributed by atoms with Crippen LogP contribution in [0.3, 0.4) is 0 Å². The van der Waals surface area contributed by atoms with Crippen LogP contribution in [0.5, 0.6) is 0 Å². The van der Waals surface area contributed by atoms with E-state index in [1.165, 1.54) is 0 Å². The second-order valence-electron chi connectivity index (χ2n) is 2.88. The quantitative estimate of drug-likeness (QED) is 0.653.